The van der Waals surface area contributed by atoms with Gasteiger partial charge in [-0.3, -0.25) is 9.69 Å². The molecule has 2 heterocycles. The lowest BCUT2D eigenvalue weighted by Crippen LogP contribution is -2.53. The average molecular weight is 424 g/mol. The highest BCUT2D eigenvalue weighted by Crippen LogP contribution is 2.26. The van der Waals surface area contributed by atoms with Gasteiger partial charge in [-0.05, 0) is 43.0 Å². The number of methoxy groups -OCH3 is 1. The van der Waals surface area contributed by atoms with Crippen LogP contribution in [0.15, 0.2) is 39.9 Å². The minimum atomic E-state index is -3.44. The number of nitrogens with zero attached hydrogens (tertiary/aromatic N) is 2. The Bertz CT molecular complexity index is 921. The smallest absolute Gasteiger partial charge is 0.252 e. The predicted molar refractivity (Wildman–Crippen MR) is 110 cm³/mol. The van der Waals surface area contributed by atoms with Crippen LogP contribution in [0.4, 0.5) is 5.69 Å². The van der Waals surface area contributed by atoms with E-state index < -0.39 is 10.0 Å². The predicted octanol–water partition coefficient (Wildman–Crippen LogP) is 2.40. The van der Waals surface area contributed by atoms with Crippen LogP contribution in [0.3, 0.4) is 0 Å². The third-order valence-corrected chi connectivity index (χ3v) is 8.17. The molecule has 1 aliphatic rings. The van der Waals surface area contributed by atoms with E-state index in [1.54, 1.807) is 24.6 Å². The summed E-state index contributed by atoms with van der Waals surface area (Å²) >= 11 is 1.22. The highest BCUT2D eigenvalue weighted by atomic mass is 32.2. The van der Waals surface area contributed by atoms with Crippen molar-refractivity contribution in [3.05, 3.63) is 41.3 Å². The first kappa shape index (κ1) is 20.8. The molecule has 1 atom stereocenters. The standard InChI is InChI=1S/C19H25N3O4S2/c1-14-6-7-17(26-3)16(13-14)20-19(23)15(2)21-8-10-22(11-9-21)28(24,25)18-5-4-12-27-18/h4-7,12-13,15H,8-11H2,1-3H3,(H,20,23)/t15-/m1/s1. The van der Waals surface area contributed by atoms with Gasteiger partial charge in [-0.2, -0.15) is 4.31 Å². The summed E-state index contributed by atoms with van der Waals surface area (Å²) in [6.07, 6.45) is 0. The first-order valence-corrected chi connectivity index (χ1v) is 11.4. The molecule has 1 N–H and O–H groups in total. The van der Waals surface area contributed by atoms with Crippen molar-refractivity contribution < 1.29 is 17.9 Å². The molecule has 1 aliphatic heterocycles. The molecule has 28 heavy (non-hydrogen) atoms. The van der Waals surface area contributed by atoms with Gasteiger partial charge in [0.05, 0.1) is 18.8 Å². The Morgan fingerprint density at radius 2 is 1.93 bits per heavy atom. The zero-order valence-electron chi connectivity index (χ0n) is 16.2. The fraction of sp³-hybridized carbons (Fsp3) is 0.421. The normalized spacial score (nSPS) is 17.2. The Kier molecular flexibility index (Phi) is 6.39. The van der Waals surface area contributed by atoms with Crippen LogP contribution >= 0.6 is 11.3 Å². The van der Waals surface area contributed by atoms with Crippen molar-refractivity contribution in [2.45, 2.75) is 24.1 Å². The zero-order chi connectivity index (χ0) is 20.3. The number of rotatable bonds is 6. The molecular formula is C19H25N3O4S2. The molecule has 0 unspecified atom stereocenters. The maximum Gasteiger partial charge on any atom is 0.252 e. The summed E-state index contributed by atoms with van der Waals surface area (Å²) < 4.78 is 32.4. The Balaban J connectivity index is 1.61. The molecule has 0 bridgehead atoms. The third kappa shape index (κ3) is 4.38. The molecule has 0 radical (unpaired) electrons. The molecular weight excluding hydrogens is 398 g/mol. The monoisotopic (exact) mass is 423 g/mol. The molecule has 1 fully saturated rings. The molecule has 0 saturated carbocycles. The van der Waals surface area contributed by atoms with E-state index >= 15 is 0 Å². The minimum absolute atomic E-state index is 0.140. The molecule has 3 rings (SSSR count). The van der Waals surface area contributed by atoms with Crippen LogP contribution in [0.1, 0.15) is 12.5 Å². The molecule has 0 aliphatic carbocycles. The number of hydrogen-bond donors (Lipinski definition) is 1. The van der Waals surface area contributed by atoms with Gasteiger partial charge in [0, 0.05) is 26.2 Å². The van der Waals surface area contributed by atoms with Gasteiger partial charge in [-0.15, -0.1) is 11.3 Å². The molecule has 1 aromatic carbocycles. The number of aryl methyl sites for hydroxylation is 1. The van der Waals surface area contributed by atoms with Crippen LogP contribution in [0, 0.1) is 6.92 Å². The lowest BCUT2D eigenvalue weighted by atomic mass is 10.2. The second-order valence-corrected chi connectivity index (χ2v) is 9.85. The van der Waals surface area contributed by atoms with Crippen molar-refractivity contribution in [2.24, 2.45) is 0 Å². The summed E-state index contributed by atoms with van der Waals surface area (Å²) in [4.78, 5) is 14.7. The number of nitrogens with one attached hydrogen (secondary N) is 1. The summed E-state index contributed by atoms with van der Waals surface area (Å²) in [5.41, 5.74) is 1.66. The summed E-state index contributed by atoms with van der Waals surface area (Å²) in [7, 11) is -1.88. The lowest BCUT2D eigenvalue weighted by Gasteiger charge is -2.36. The van der Waals surface area contributed by atoms with Gasteiger partial charge >= 0.3 is 0 Å². The first-order chi connectivity index (χ1) is 13.3. The quantitative estimate of drug-likeness (QED) is 0.772. The van der Waals surface area contributed by atoms with Crippen molar-refractivity contribution >= 4 is 33.0 Å². The van der Waals surface area contributed by atoms with Crippen LogP contribution in [-0.2, 0) is 14.8 Å². The number of thiophene rings is 1. The molecule has 152 valence electrons. The Hall–Kier alpha value is -1.94. The van der Waals surface area contributed by atoms with E-state index in [2.05, 4.69) is 5.32 Å². The Labute approximate surface area is 170 Å². The number of ether oxygens (including phenoxy) is 1. The maximum absolute atomic E-state index is 12.7. The number of benzene rings is 1. The fourth-order valence-electron chi connectivity index (χ4n) is 3.19. The van der Waals surface area contributed by atoms with Crippen LogP contribution in [-0.4, -0.2) is 62.9 Å². The van der Waals surface area contributed by atoms with E-state index in [4.69, 9.17) is 4.74 Å². The maximum atomic E-state index is 12.7. The number of piperazine rings is 1. The van der Waals surface area contributed by atoms with Gasteiger partial charge in [0.2, 0.25) is 5.91 Å². The van der Waals surface area contributed by atoms with E-state index in [-0.39, 0.29) is 11.9 Å². The van der Waals surface area contributed by atoms with E-state index in [0.29, 0.717) is 41.8 Å². The molecule has 7 nitrogen and oxygen atoms in total. The van der Waals surface area contributed by atoms with Gasteiger partial charge in [0.15, 0.2) is 0 Å². The SMILES string of the molecule is COc1ccc(C)cc1NC(=O)[C@@H](C)N1CCN(S(=O)(=O)c2cccs2)CC1. The van der Waals surface area contributed by atoms with Crippen molar-refractivity contribution in [1.82, 2.24) is 9.21 Å². The number of sulfonamides is 1. The highest BCUT2D eigenvalue weighted by molar-refractivity contribution is 7.91. The van der Waals surface area contributed by atoms with Gasteiger partial charge < -0.3 is 10.1 Å². The minimum Gasteiger partial charge on any atom is -0.495 e. The summed E-state index contributed by atoms with van der Waals surface area (Å²) in [5.74, 6) is 0.469. The van der Waals surface area contributed by atoms with Gasteiger partial charge in [0.1, 0.15) is 9.96 Å². The number of amides is 1. The Morgan fingerprint density at radius 3 is 2.54 bits per heavy atom. The Morgan fingerprint density at radius 1 is 1.21 bits per heavy atom. The number of hydrogen-bond acceptors (Lipinski definition) is 6. The first-order valence-electron chi connectivity index (χ1n) is 9.06. The second-order valence-electron chi connectivity index (χ2n) is 6.74. The molecule has 1 aromatic heterocycles. The van der Waals surface area contributed by atoms with E-state index in [9.17, 15) is 13.2 Å². The molecule has 0 spiro atoms. The second kappa shape index (κ2) is 8.60. The van der Waals surface area contributed by atoms with Crippen molar-refractivity contribution in [1.29, 1.82) is 0 Å². The summed E-state index contributed by atoms with van der Waals surface area (Å²) in [6, 6.07) is 8.60. The number of anilines is 1. The van der Waals surface area contributed by atoms with E-state index in [1.165, 1.54) is 15.6 Å². The van der Waals surface area contributed by atoms with Crippen molar-refractivity contribution in [3.63, 3.8) is 0 Å². The van der Waals surface area contributed by atoms with Gasteiger partial charge in [0.25, 0.3) is 10.0 Å². The van der Waals surface area contributed by atoms with Gasteiger partial charge in [-0.1, -0.05) is 12.1 Å². The molecule has 9 heteroatoms. The topological polar surface area (TPSA) is 79.0 Å². The van der Waals surface area contributed by atoms with Crippen LogP contribution in [0.2, 0.25) is 0 Å². The third-order valence-electron chi connectivity index (χ3n) is 4.90. The number of carbonyl (C=O) groups is 1. The van der Waals surface area contributed by atoms with Crippen LogP contribution < -0.4 is 10.1 Å². The van der Waals surface area contributed by atoms with Crippen LogP contribution in [0.25, 0.3) is 0 Å². The molecule has 2 aromatic rings. The average Bonchev–Trinajstić information content (AvgIpc) is 3.23. The van der Waals surface area contributed by atoms with E-state index in [1.807, 2.05) is 36.9 Å². The largest absolute Gasteiger partial charge is 0.495 e. The zero-order valence-corrected chi connectivity index (χ0v) is 17.8. The molecule has 1 saturated heterocycles. The van der Waals surface area contributed by atoms with Crippen molar-refractivity contribution in [2.75, 3.05) is 38.6 Å². The van der Waals surface area contributed by atoms with Crippen LogP contribution in [0.5, 0.6) is 5.75 Å². The van der Waals surface area contributed by atoms with Crippen molar-refractivity contribution in [3.8, 4) is 5.75 Å². The molecule has 1 amide bonds. The fourth-order valence-corrected chi connectivity index (χ4v) is 5.76. The van der Waals surface area contributed by atoms with Gasteiger partial charge in [-0.25, -0.2) is 8.42 Å². The summed E-state index contributed by atoms with van der Waals surface area (Å²) in [5, 5.41) is 4.69. The lowest BCUT2D eigenvalue weighted by molar-refractivity contribution is -0.121. The van der Waals surface area contributed by atoms with E-state index in [0.717, 1.165) is 5.56 Å². The summed E-state index contributed by atoms with van der Waals surface area (Å²) in [6.45, 7) is 5.53. The number of carbonyl (C=O) groups excluding carboxylic acids is 1. The highest BCUT2D eigenvalue weighted by Gasteiger charge is 2.32.